The monoisotopic (exact) mass is 776 g/mol. The summed E-state index contributed by atoms with van der Waals surface area (Å²) in [6.45, 7) is 10.3. The normalized spacial score (nSPS) is 13.8. The smallest absolute Gasteiger partial charge is 0.266 e. The Morgan fingerprint density at radius 1 is 0.655 bits per heavy atom. The third kappa shape index (κ3) is 6.83. The molecule has 0 unspecified atom stereocenters. The number of nitrogens with zero attached hydrogens (tertiary/aromatic N) is 5. The second-order valence-corrected chi connectivity index (χ2v) is 15.0. The Balaban J connectivity index is 0.000000170. The van der Waals surface area contributed by atoms with Gasteiger partial charge in [0, 0.05) is 60.4 Å². The molecule has 4 aromatic carbocycles. The number of ketones is 2. The Morgan fingerprint density at radius 2 is 1.13 bits per heavy atom. The predicted octanol–water partition coefficient (Wildman–Crippen LogP) is 8.26. The van der Waals surface area contributed by atoms with Crippen LogP contribution in [-0.4, -0.2) is 49.7 Å². The van der Waals surface area contributed by atoms with Crippen LogP contribution in [-0.2, 0) is 4.79 Å². The van der Waals surface area contributed by atoms with Crippen LogP contribution in [0.3, 0.4) is 0 Å². The van der Waals surface area contributed by atoms with Gasteiger partial charge in [0.05, 0.1) is 50.0 Å². The van der Waals surface area contributed by atoms with Gasteiger partial charge in [0.15, 0.2) is 11.6 Å². The summed E-state index contributed by atoms with van der Waals surface area (Å²) in [5.74, 6) is 0.884. The highest BCUT2D eigenvalue weighted by Gasteiger charge is 2.30. The number of halogens is 2. The van der Waals surface area contributed by atoms with Crippen LogP contribution in [0.1, 0.15) is 91.7 Å². The number of aromatic nitrogens is 4. The van der Waals surface area contributed by atoms with Crippen LogP contribution in [0.4, 0.5) is 11.4 Å². The molecule has 2 aliphatic rings. The van der Waals surface area contributed by atoms with E-state index in [-0.39, 0.29) is 46.8 Å². The van der Waals surface area contributed by atoms with Crippen LogP contribution in [0.25, 0.3) is 33.2 Å². The molecule has 0 saturated carbocycles. The first-order valence-electron chi connectivity index (χ1n) is 18.1. The van der Waals surface area contributed by atoms with E-state index in [0.29, 0.717) is 91.2 Å². The topological polar surface area (TPSA) is 136 Å². The maximum atomic E-state index is 13.4. The van der Waals surface area contributed by atoms with Gasteiger partial charge >= 0.3 is 0 Å². The van der Waals surface area contributed by atoms with Crippen molar-refractivity contribution < 1.29 is 14.4 Å². The van der Waals surface area contributed by atoms with Crippen molar-refractivity contribution in [2.24, 2.45) is 0 Å². The summed E-state index contributed by atoms with van der Waals surface area (Å²) in [5.41, 5.74) is 3.93. The lowest BCUT2D eigenvalue weighted by Crippen LogP contribution is -2.36. The van der Waals surface area contributed by atoms with Crippen molar-refractivity contribution >= 4 is 73.9 Å². The van der Waals surface area contributed by atoms with Gasteiger partial charge in [-0.1, -0.05) is 50.9 Å². The zero-order chi connectivity index (χ0) is 39.3. The highest BCUT2D eigenvalue weighted by Crippen LogP contribution is 2.34. The summed E-state index contributed by atoms with van der Waals surface area (Å²) in [6.07, 6.45) is 0.621. The van der Waals surface area contributed by atoms with Gasteiger partial charge in [0.2, 0.25) is 5.91 Å². The lowest BCUT2D eigenvalue weighted by atomic mass is 9.97. The fraction of sp³-hybridized carbons (Fsp3) is 0.262. The molecule has 280 valence electrons. The SMILES string of the molecule is CC(=O)N1CCC(=O)c2c1ccc1c(=O)n(-c3ccc(Cl)cc3)c(C(C)C)nc21.CC(C)c1nc2c3c(ccc2c(=O)n1-c1ccc(Cl)cc1)NCCC3=O. The first-order chi connectivity index (χ1) is 26.3. The Kier molecular flexibility index (Phi) is 10.2. The van der Waals surface area contributed by atoms with Gasteiger partial charge in [-0.15, -0.1) is 0 Å². The van der Waals surface area contributed by atoms with Crippen molar-refractivity contribution in [2.75, 3.05) is 23.3 Å². The summed E-state index contributed by atoms with van der Waals surface area (Å²) in [7, 11) is 0. The van der Waals surface area contributed by atoms with E-state index in [1.807, 2.05) is 27.7 Å². The summed E-state index contributed by atoms with van der Waals surface area (Å²) >= 11 is 12.0. The van der Waals surface area contributed by atoms with Crippen molar-refractivity contribution in [1.29, 1.82) is 0 Å². The average molecular weight is 778 g/mol. The average Bonchev–Trinajstić information content (AvgIpc) is 3.15. The molecule has 0 spiro atoms. The van der Waals surface area contributed by atoms with E-state index < -0.39 is 0 Å². The van der Waals surface area contributed by atoms with Crippen LogP contribution in [0.5, 0.6) is 0 Å². The van der Waals surface area contributed by atoms with E-state index in [0.717, 1.165) is 5.69 Å². The summed E-state index contributed by atoms with van der Waals surface area (Å²) in [5, 5.41) is 5.19. The molecule has 0 fully saturated rings. The van der Waals surface area contributed by atoms with Crippen molar-refractivity contribution in [3.63, 3.8) is 0 Å². The second-order valence-electron chi connectivity index (χ2n) is 14.2. The summed E-state index contributed by atoms with van der Waals surface area (Å²) in [4.78, 5) is 75.1. The number of Topliss-reactive ketones (excluding diaryl/α,β-unsaturated/α-hetero) is 2. The number of fused-ring (bicyclic) bond motifs is 6. The van der Waals surface area contributed by atoms with Crippen molar-refractivity contribution in [1.82, 2.24) is 19.1 Å². The fourth-order valence-electron chi connectivity index (χ4n) is 7.13. The molecule has 0 bridgehead atoms. The van der Waals surface area contributed by atoms with Gasteiger partial charge in [0.1, 0.15) is 11.6 Å². The molecule has 55 heavy (non-hydrogen) atoms. The number of benzene rings is 4. The molecule has 1 amide bonds. The number of rotatable bonds is 4. The van der Waals surface area contributed by atoms with Crippen LogP contribution in [0.15, 0.2) is 82.4 Å². The molecule has 13 heteroatoms. The highest BCUT2D eigenvalue weighted by molar-refractivity contribution is 6.31. The first kappa shape index (κ1) is 37.7. The molecule has 1 N–H and O–H groups in total. The number of hydrogen-bond donors (Lipinski definition) is 1. The van der Waals surface area contributed by atoms with Crippen molar-refractivity contribution in [3.8, 4) is 11.4 Å². The number of carbonyl (C=O) groups is 3. The zero-order valence-electron chi connectivity index (χ0n) is 30.9. The Labute approximate surface area is 326 Å². The van der Waals surface area contributed by atoms with Gasteiger partial charge < -0.3 is 10.2 Å². The fourth-order valence-corrected chi connectivity index (χ4v) is 7.38. The molecular weight excluding hydrogens is 739 g/mol. The molecular formula is C42H38Cl2N6O5. The van der Waals surface area contributed by atoms with Crippen molar-refractivity contribution in [2.45, 2.75) is 59.3 Å². The van der Waals surface area contributed by atoms with E-state index in [1.54, 1.807) is 86.8 Å². The lowest BCUT2D eigenvalue weighted by molar-refractivity contribution is -0.116. The summed E-state index contributed by atoms with van der Waals surface area (Å²) in [6, 6.07) is 20.9. The second kappa shape index (κ2) is 14.9. The number of carbonyl (C=O) groups excluding carboxylic acids is 3. The van der Waals surface area contributed by atoms with Crippen LogP contribution in [0, 0.1) is 0 Å². The van der Waals surface area contributed by atoms with Crippen LogP contribution >= 0.6 is 23.2 Å². The molecule has 0 aliphatic carbocycles. The van der Waals surface area contributed by atoms with E-state index in [2.05, 4.69) is 5.32 Å². The molecule has 4 heterocycles. The molecule has 8 rings (SSSR count). The molecule has 0 atom stereocenters. The minimum atomic E-state index is -0.253. The van der Waals surface area contributed by atoms with E-state index in [9.17, 15) is 24.0 Å². The van der Waals surface area contributed by atoms with Crippen molar-refractivity contribution in [3.05, 3.63) is 126 Å². The summed E-state index contributed by atoms with van der Waals surface area (Å²) < 4.78 is 3.17. The number of amides is 1. The van der Waals surface area contributed by atoms with E-state index in [1.165, 1.54) is 6.92 Å². The third-order valence-electron chi connectivity index (χ3n) is 9.77. The Hall–Kier alpha value is -5.65. The Morgan fingerprint density at radius 3 is 1.62 bits per heavy atom. The molecule has 2 aliphatic heterocycles. The van der Waals surface area contributed by atoms with Gasteiger partial charge in [-0.05, 0) is 72.8 Å². The highest BCUT2D eigenvalue weighted by atomic mass is 35.5. The predicted molar refractivity (Wildman–Crippen MR) is 217 cm³/mol. The van der Waals surface area contributed by atoms with E-state index in [4.69, 9.17) is 33.2 Å². The minimum Gasteiger partial charge on any atom is -0.384 e. The Bertz CT molecular complexity index is 2670. The molecule has 2 aromatic heterocycles. The maximum absolute atomic E-state index is 13.4. The van der Waals surface area contributed by atoms with E-state index >= 15 is 0 Å². The zero-order valence-corrected chi connectivity index (χ0v) is 32.5. The van der Waals surface area contributed by atoms with Gasteiger partial charge in [-0.25, -0.2) is 9.97 Å². The van der Waals surface area contributed by atoms with Gasteiger partial charge in [0.25, 0.3) is 11.1 Å². The molecule has 6 aromatic rings. The quantitative estimate of drug-likeness (QED) is 0.189. The number of hydrogen-bond acceptors (Lipinski definition) is 8. The minimum absolute atomic E-state index is 0.00489. The molecule has 11 nitrogen and oxygen atoms in total. The number of anilines is 2. The molecule has 0 saturated heterocycles. The first-order valence-corrected chi connectivity index (χ1v) is 18.8. The largest absolute Gasteiger partial charge is 0.384 e. The lowest BCUT2D eigenvalue weighted by Gasteiger charge is -2.28. The van der Waals surface area contributed by atoms with Crippen LogP contribution in [0.2, 0.25) is 10.0 Å². The van der Waals surface area contributed by atoms with Crippen LogP contribution < -0.4 is 21.3 Å². The molecule has 0 radical (unpaired) electrons. The third-order valence-corrected chi connectivity index (χ3v) is 10.3. The van der Waals surface area contributed by atoms with Gasteiger partial charge in [-0.3, -0.25) is 33.1 Å². The van der Waals surface area contributed by atoms with Gasteiger partial charge in [-0.2, -0.15) is 0 Å². The standard InChI is InChI=1S/C22H20ClN3O3.C20H18ClN3O2/c1-12(2)21-24-20-16(22(29)26(21)15-6-4-14(23)5-7-15)8-9-17-19(20)18(28)10-11-25(17)13(3)27;1-11(2)19-23-18-14(7-8-15-17(18)16(25)9-10-22-15)20(26)24(19)13-5-3-12(21)4-6-13/h4-9,12H,10-11H2,1-3H3;3-8,11,22H,9-10H2,1-2H3. The maximum Gasteiger partial charge on any atom is 0.266 e. The number of nitrogens with one attached hydrogen (secondary N) is 1.